The highest BCUT2D eigenvalue weighted by Gasteiger charge is 2.35. The van der Waals surface area contributed by atoms with Crippen LogP contribution in [0.4, 0.5) is 0 Å². The summed E-state index contributed by atoms with van der Waals surface area (Å²) < 4.78 is 0. The first-order valence-electron chi connectivity index (χ1n) is 7.62. The molecule has 2 nitrogen and oxygen atoms in total. The third kappa shape index (κ3) is 2.68. The average molecular weight is 236 g/mol. The van der Waals surface area contributed by atoms with E-state index in [0.717, 1.165) is 18.1 Å². The first-order valence-corrected chi connectivity index (χ1v) is 7.62. The summed E-state index contributed by atoms with van der Waals surface area (Å²) in [5.74, 6) is 0. The zero-order valence-electron chi connectivity index (χ0n) is 11.5. The van der Waals surface area contributed by atoms with Gasteiger partial charge in [-0.25, -0.2) is 0 Å². The molecule has 3 rings (SSSR count). The third-order valence-corrected chi connectivity index (χ3v) is 5.38. The molecular formula is C15H28N2. The molecule has 1 N–H and O–H groups in total. The van der Waals surface area contributed by atoms with Crippen molar-refractivity contribution in [2.45, 2.75) is 76.9 Å². The van der Waals surface area contributed by atoms with E-state index in [1.807, 2.05) is 0 Å². The molecule has 98 valence electrons. The van der Waals surface area contributed by atoms with Crippen molar-refractivity contribution >= 4 is 0 Å². The molecule has 1 aliphatic carbocycles. The number of rotatable bonds is 1. The molecule has 2 heterocycles. The molecule has 0 aromatic rings. The van der Waals surface area contributed by atoms with E-state index in [0.29, 0.717) is 5.41 Å². The zero-order chi connectivity index (χ0) is 11.9. The van der Waals surface area contributed by atoms with Crippen LogP contribution in [-0.2, 0) is 0 Å². The maximum atomic E-state index is 3.80. The molecule has 0 aromatic heterocycles. The lowest BCUT2D eigenvalue weighted by Gasteiger charge is -2.40. The summed E-state index contributed by atoms with van der Waals surface area (Å²) in [6.45, 7) is 7.55. The van der Waals surface area contributed by atoms with Gasteiger partial charge in [-0.3, -0.25) is 4.90 Å². The van der Waals surface area contributed by atoms with Crippen molar-refractivity contribution < 1.29 is 0 Å². The molecule has 2 saturated heterocycles. The molecular weight excluding hydrogens is 208 g/mol. The fourth-order valence-electron chi connectivity index (χ4n) is 4.05. The summed E-state index contributed by atoms with van der Waals surface area (Å²) in [6.07, 6.45) is 9.95. The van der Waals surface area contributed by atoms with E-state index in [1.54, 1.807) is 0 Å². The molecule has 2 atom stereocenters. The Labute approximate surface area is 106 Å². The number of hydrogen-bond donors (Lipinski definition) is 1. The Hall–Kier alpha value is -0.0800. The van der Waals surface area contributed by atoms with Gasteiger partial charge >= 0.3 is 0 Å². The second kappa shape index (κ2) is 4.55. The van der Waals surface area contributed by atoms with Gasteiger partial charge in [-0.15, -0.1) is 0 Å². The van der Waals surface area contributed by atoms with E-state index < -0.39 is 0 Å². The van der Waals surface area contributed by atoms with Crippen molar-refractivity contribution in [3.8, 4) is 0 Å². The molecule has 0 spiro atoms. The van der Waals surface area contributed by atoms with Gasteiger partial charge in [0, 0.05) is 24.7 Å². The minimum atomic E-state index is 0.611. The van der Waals surface area contributed by atoms with Crippen molar-refractivity contribution in [2.24, 2.45) is 5.41 Å². The fourth-order valence-corrected chi connectivity index (χ4v) is 4.05. The van der Waals surface area contributed by atoms with Gasteiger partial charge in [0.25, 0.3) is 0 Å². The molecule has 2 unspecified atom stereocenters. The van der Waals surface area contributed by atoms with Gasteiger partial charge in [0.2, 0.25) is 0 Å². The van der Waals surface area contributed by atoms with Gasteiger partial charge in [-0.2, -0.15) is 0 Å². The Balaban J connectivity index is 1.58. The Kier molecular flexibility index (Phi) is 3.20. The maximum Gasteiger partial charge on any atom is 0.0198 e. The van der Waals surface area contributed by atoms with Crippen LogP contribution in [0.3, 0.4) is 0 Å². The summed E-state index contributed by atoms with van der Waals surface area (Å²) in [6, 6.07) is 2.53. The minimum absolute atomic E-state index is 0.611. The lowest BCUT2D eigenvalue weighted by Crippen LogP contribution is -2.44. The Morgan fingerprint density at radius 3 is 2.41 bits per heavy atom. The summed E-state index contributed by atoms with van der Waals surface area (Å²) >= 11 is 0. The Bertz CT molecular complexity index is 264. The van der Waals surface area contributed by atoms with Crippen molar-refractivity contribution in [3.63, 3.8) is 0 Å². The smallest absolute Gasteiger partial charge is 0.0198 e. The van der Waals surface area contributed by atoms with Gasteiger partial charge in [-0.05, 0) is 56.9 Å². The summed E-state index contributed by atoms with van der Waals surface area (Å²) in [5.41, 5.74) is 0.611. The monoisotopic (exact) mass is 236 g/mol. The van der Waals surface area contributed by atoms with Crippen LogP contribution in [0.25, 0.3) is 0 Å². The molecule has 0 aromatic carbocycles. The van der Waals surface area contributed by atoms with Crippen molar-refractivity contribution in [3.05, 3.63) is 0 Å². The molecule has 3 fully saturated rings. The molecule has 0 radical (unpaired) electrons. The quantitative estimate of drug-likeness (QED) is 0.753. The van der Waals surface area contributed by atoms with E-state index in [-0.39, 0.29) is 0 Å². The molecule has 3 aliphatic rings. The second-order valence-electron chi connectivity index (χ2n) is 7.32. The molecule has 2 aliphatic heterocycles. The minimum Gasteiger partial charge on any atom is -0.310 e. The number of nitrogens with one attached hydrogen (secondary N) is 1. The highest BCUT2D eigenvalue weighted by Crippen LogP contribution is 2.37. The predicted octanol–water partition coefficient (Wildman–Crippen LogP) is 2.78. The van der Waals surface area contributed by atoms with Crippen LogP contribution >= 0.6 is 0 Å². The van der Waals surface area contributed by atoms with Crippen LogP contribution in [0.5, 0.6) is 0 Å². The fraction of sp³-hybridized carbons (Fsp3) is 1.00. The van der Waals surface area contributed by atoms with Crippen molar-refractivity contribution in [2.75, 3.05) is 13.1 Å². The summed E-state index contributed by atoms with van der Waals surface area (Å²) in [5, 5.41) is 3.80. The van der Waals surface area contributed by atoms with Crippen LogP contribution in [0, 0.1) is 5.41 Å². The Morgan fingerprint density at radius 1 is 0.941 bits per heavy atom. The van der Waals surface area contributed by atoms with Crippen LogP contribution in [-0.4, -0.2) is 36.1 Å². The number of nitrogens with zero attached hydrogens (tertiary/aromatic N) is 1. The predicted molar refractivity (Wildman–Crippen MR) is 72.2 cm³/mol. The molecule has 0 amide bonds. The highest BCUT2D eigenvalue weighted by molar-refractivity contribution is 4.93. The number of fused-ring (bicyclic) bond motifs is 2. The van der Waals surface area contributed by atoms with Gasteiger partial charge < -0.3 is 5.32 Å². The largest absolute Gasteiger partial charge is 0.310 e. The molecule has 2 heteroatoms. The van der Waals surface area contributed by atoms with Crippen LogP contribution in [0.2, 0.25) is 0 Å². The normalized spacial score (nSPS) is 39.2. The second-order valence-corrected chi connectivity index (χ2v) is 7.32. The van der Waals surface area contributed by atoms with E-state index in [9.17, 15) is 0 Å². The van der Waals surface area contributed by atoms with Crippen LogP contribution in [0.15, 0.2) is 0 Å². The third-order valence-electron chi connectivity index (χ3n) is 5.38. The van der Waals surface area contributed by atoms with Gasteiger partial charge in [0.05, 0.1) is 0 Å². The van der Waals surface area contributed by atoms with E-state index in [2.05, 4.69) is 24.1 Å². The zero-order valence-corrected chi connectivity index (χ0v) is 11.5. The van der Waals surface area contributed by atoms with Crippen LogP contribution < -0.4 is 5.32 Å². The molecule has 2 bridgehead atoms. The summed E-state index contributed by atoms with van der Waals surface area (Å²) in [4.78, 5) is 2.81. The van der Waals surface area contributed by atoms with E-state index in [1.165, 1.54) is 58.0 Å². The number of likely N-dealkylation sites (tertiary alicyclic amines) is 1. The number of hydrogen-bond acceptors (Lipinski definition) is 2. The standard InChI is InChI=1S/C15H28N2/c1-15(2)8-5-14(6-9-15)17-10-7-12-3-4-13(11-17)16-12/h12-14,16H,3-11H2,1-2H3. The Morgan fingerprint density at radius 2 is 1.65 bits per heavy atom. The van der Waals surface area contributed by atoms with Crippen molar-refractivity contribution in [1.29, 1.82) is 0 Å². The molecule has 17 heavy (non-hydrogen) atoms. The first-order chi connectivity index (χ1) is 8.12. The first kappa shape index (κ1) is 12.0. The topological polar surface area (TPSA) is 15.3 Å². The molecule has 1 saturated carbocycles. The lowest BCUT2D eigenvalue weighted by atomic mass is 9.75. The highest BCUT2D eigenvalue weighted by atomic mass is 15.2. The van der Waals surface area contributed by atoms with Crippen molar-refractivity contribution in [1.82, 2.24) is 10.2 Å². The van der Waals surface area contributed by atoms with Gasteiger partial charge in [0.15, 0.2) is 0 Å². The van der Waals surface area contributed by atoms with Gasteiger partial charge in [-0.1, -0.05) is 13.8 Å². The average Bonchev–Trinajstić information content (AvgIpc) is 2.60. The van der Waals surface area contributed by atoms with E-state index in [4.69, 9.17) is 0 Å². The van der Waals surface area contributed by atoms with E-state index >= 15 is 0 Å². The van der Waals surface area contributed by atoms with Gasteiger partial charge in [0.1, 0.15) is 0 Å². The lowest BCUT2D eigenvalue weighted by molar-refractivity contribution is 0.103. The SMILES string of the molecule is CC1(C)CCC(N2CCC3CCC(C2)N3)CC1. The maximum absolute atomic E-state index is 3.80. The summed E-state index contributed by atoms with van der Waals surface area (Å²) in [7, 11) is 0. The van der Waals surface area contributed by atoms with Crippen LogP contribution in [0.1, 0.15) is 58.8 Å².